The van der Waals surface area contributed by atoms with Crippen molar-refractivity contribution in [2.45, 2.75) is 45.1 Å². The van der Waals surface area contributed by atoms with Crippen molar-refractivity contribution in [3.8, 4) is 0 Å². The smallest absolute Gasteiger partial charge is 0.335 e. The molecule has 3 heteroatoms. The quantitative estimate of drug-likeness (QED) is 0.775. The molecule has 2 saturated carbocycles. The van der Waals surface area contributed by atoms with Gasteiger partial charge in [0, 0.05) is 5.69 Å². The molecule has 1 aliphatic heterocycles. The Bertz CT molecular complexity index is 886. The molecule has 0 spiro atoms. The molecule has 2 fully saturated rings. The highest BCUT2D eigenvalue weighted by Gasteiger charge is 2.53. The van der Waals surface area contributed by atoms with Crippen LogP contribution in [0.15, 0.2) is 36.4 Å². The lowest BCUT2D eigenvalue weighted by molar-refractivity contribution is 0.0697. The van der Waals surface area contributed by atoms with Crippen molar-refractivity contribution < 1.29 is 9.90 Å². The summed E-state index contributed by atoms with van der Waals surface area (Å²) in [6.07, 6.45) is 4.06. The van der Waals surface area contributed by atoms with Crippen LogP contribution in [0.4, 0.5) is 5.69 Å². The number of aryl methyl sites for hydroxylation is 2. The number of aromatic carboxylic acids is 1. The summed E-state index contributed by atoms with van der Waals surface area (Å²) in [4.78, 5) is 11.2. The van der Waals surface area contributed by atoms with Gasteiger partial charge >= 0.3 is 5.97 Å². The molecule has 2 aliphatic carbocycles. The number of benzene rings is 2. The van der Waals surface area contributed by atoms with Gasteiger partial charge in [0.1, 0.15) is 0 Å². The minimum Gasteiger partial charge on any atom is -0.478 e. The van der Waals surface area contributed by atoms with E-state index in [-0.39, 0.29) is 6.04 Å². The van der Waals surface area contributed by atoms with Gasteiger partial charge in [-0.2, -0.15) is 0 Å². The molecule has 0 amide bonds. The van der Waals surface area contributed by atoms with E-state index in [1.807, 2.05) is 12.1 Å². The minimum atomic E-state index is -0.859. The number of rotatable bonds is 2. The fourth-order valence-electron chi connectivity index (χ4n) is 6.13. The summed E-state index contributed by atoms with van der Waals surface area (Å²) < 4.78 is 0. The van der Waals surface area contributed by atoms with E-state index in [1.165, 1.54) is 47.2 Å². The highest BCUT2D eigenvalue weighted by molar-refractivity contribution is 5.87. The highest BCUT2D eigenvalue weighted by atomic mass is 16.4. The summed E-state index contributed by atoms with van der Waals surface area (Å²) >= 11 is 0. The zero-order valence-corrected chi connectivity index (χ0v) is 15.3. The van der Waals surface area contributed by atoms with Crippen LogP contribution in [0.2, 0.25) is 0 Å². The van der Waals surface area contributed by atoms with Gasteiger partial charge in [-0.05, 0) is 85.6 Å². The molecule has 2 aromatic rings. The van der Waals surface area contributed by atoms with Crippen molar-refractivity contribution in [1.29, 1.82) is 0 Å². The first-order chi connectivity index (χ1) is 12.5. The largest absolute Gasteiger partial charge is 0.478 e. The maximum Gasteiger partial charge on any atom is 0.335 e. The van der Waals surface area contributed by atoms with Gasteiger partial charge in [-0.15, -0.1) is 0 Å². The number of anilines is 1. The Kier molecular flexibility index (Phi) is 3.43. The molecule has 1 heterocycles. The zero-order valence-electron chi connectivity index (χ0n) is 15.3. The van der Waals surface area contributed by atoms with Crippen molar-refractivity contribution in [3.63, 3.8) is 0 Å². The minimum absolute atomic E-state index is 0.284. The predicted octanol–water partition coefficient (Wildman–Crippen LogP) is 5.30. The van der Waals surface area contributed by atoms with Gasteiger partial charge in [-0.3, -0.25) is 0 Å². The normalized spacial score (nSPS) is 31.2. The molecular formula is C23H25NO2. The third kappa shape index (κ3) is 2.22. The van der Waals surface area contributed by atoms with Crippen molar-refractivity contribution >= 4 is 11.7 Å². The second-order valence-electron chi connectivity index (χ2n) is 8.53. The Balaban J connectivity index is 1.61. The summed E-state index contributed by atoms with van der Waals surface area (Å²) in [7, 11) is 0. The lowest BCUT2D eigenvalue weighted by Crippen LogP contribution is -2.35. The average molecular weight is 347 g/mol. The van der Waals surface area contributed by atoms with Crippen LogP contribution in [0.1, 0.15) is 63.8 Å². The topological polar surface area (TPSA) is 49.3 Å². The average Bonchev–Trinajstić information content (AvgIpc) is 3.23. The third-order valence-electron chi connectivity index (χ3n) is 7.05. The Morgan fingerprint density at radius 3 is 2.54 bits per heavy atom. The fourth-order valence-corrected chi connectivity index (χ4v) is 6.13. The fraction of sp³-hybridized carbons (Fsp3) is 0.435. The molecule has 0 aromatic heterocycles. The Morgan fingerprint density at radius 2 is 1.81 bits per heavy atom. The van der Waals surface area contributed by atoms with E-state index in [0.717, 1.165) is 11.8 Å². The third-order valence-corrected chi connectivity index (χ3v) is 7.05. The molecule has 5 atom stereocenters. The van der Waals surface area contributed by atoms with Gasteiger partial charge < -0.3 is 10.4 Å². The van der Waals surface area contributed by atoms with Crippen LogP contribution < -0.4 is 5.32 Å². The van der Waals surface area contributed by atoms with E-state index in [9.17, 15) is 9.90 Å². The molecule has 3 aliphatic rings. The Morgan fingerprint density at radius 1 is 1.08 bits per heavy atom. The molecule has 0 saturated heterocycles. The van der Waals surface area contributed by atoms with Crippen LogP contribution in [-0.4, -0.2) is 11.1 Å². The van der Waals surface area contributed by atoms with Crippen LogP contribution in [0.5, 0.6) is 0 Å². The van der Waals surface area contributed by atoms with Gasteiger partial charge in [0.25, 0.3) is 0 Å². The van der Waals surface area contributed by atoms with Gasteiger partial charge in [0.05, 0.1) is 11.6 Å². The molecule has 26 heavy (non-hydrogen) atoms. The van der Waals surface area contributed by atoms with Crippen molar-refractivity contribution in [1.82, 2.24) is 0 Å². The maximum atomic E-state index is 11.2. The van der Waals surface area contributed by atoms with Crippen LogP contribution in [0, 0.1) is 31.6 Å². The number of carboxylic acids is 1. The summed E-state index contributed by atoms with van der Waals surface area (Å²) in [6.45, 7) is 4.41. The van der Waals surface area contributed by atoms with Gasteiger partial charge in [-0.1, -0.05) is 29.8 Å². The summed E-state index contributed by atoms with van der Waals surface area (Å²) in [5.74, 6) is 2.01. The Hall–Kier alpha value is -2.29. The number of hydrogen-bond donors (Lipinski definition) is 2. The number of hydrogen-bond acceptors (Lipinski definition) is 2. The first-order valence-electron chi connectivity index (χ1n) is 9.74. The molecule has 2 N–H and O–H groups in total. The standard InChI is InChI=1S/C23H25NO2/c1-12-9-13(2)21-18(10-12)19-16-7-8-17(11-16)20(19)22(24-21)14-3-5-15(6-4-14)23(25)26/h3-6,9-10,16-17,19-20,22,24H,7-8,11H2,1-2H3,(H,25,26). The van der Waals surface area contributed by atoms with Crippen LogP contribution >= 0.6 is 0 Å². The van der Waals surface area contributed by atoms with Crippen LogP contribution in [0.25, 0.3) is 0 Å². The first kappa shape index (κ1) is 15.9. The first-order valence-corrected chi connectivity index (χ1v) is 9.74. The van der Waals surface area contributed by atoms with Crippen molar-refractivity contribution in [3.05, 3.63) is 64.2 Å². The summed E-state index contributed by atoms with van der Waals surface area (Å²) in [5, 5.41) is 13.1. The number of fused-ring (bicyclic) bond motifs is 7. The predicted molar refractivity (Wildman–Crippen MR) is 103 cm³/mol. The maximum absolute atomic E-state index is 11.2. The molecule has 2 bridgehead atoms. The van der Waals surface area contributed by atoms with E-state index >= 15 is 0 Å². The highest BCUT2D eigenvalue weighted by Crippen LogP contribution is 2.64. The monoisotopic (exact) mass is 347 g/mol. The molecule has 5 rings (SSSR count). The van der Waals surface area contributed by atoms with E-state index < -0.39 is 5.97 Å². The van der Waals surface area contributed by atoms with Gasteiger partial charge in [0.15, 0.2) is 0 Å². The molecule has 5 unspecified atom stereocenters. The second kappa shape index (κ2) is 5.60. The van der Waals surface area contributed by atoms with Crippen molar-refractivity contribution in [2.24, 2.45) is 17.8 Å². The zero-order chi connectivity index (χ0) is 18.0. The number of nitrogens with one attached hydrogen (secondary N) is 1. The van der Waals surface area contributed by atoms with Crippen LogP contribution in [0.3, 0.4) is 0 Å². The summed E-state index contributed by atoms with van der Waals surface area (Å²) in [6, 6.07) is 12.5. The SMILES string of the molecule is Cc1cc(C)c2c(c1)C1C3CCC(C3)C1C(c1ccc(C(=O)O)cc1)N2. The number of carbonyl (C=O) groups is 1. The van der Waals surface area contributed by atoms with E-state index in [0.29, 0.717) is 17.4 Å². The lowest BCUT2D eigenvalue weighted by Gasteiger charge is -2.44. The molecule has 2 aromatic carbocycles. The van der Waals surface area contributed by atoms with E-state index in [2.05, 4.69) is 31.3 Å². The van der Waals surface area contributed by atoms with E-state index in [4.69, 9.17) is 0 Å². The number of carboxylic acid groups (broad SMARTS) is 1. The van der Waals surface area contributed by atoms with Gasteiger partial charge in [-0.25, -0.2) is 4.79 Å². The van der Waals surface area contributed by atoms with E-state index in [1.54, 1.807) is 12.1 Å². The van der Waals surface area contributed by atoms with Gasteiger partial charge in [0.2, 0.25) is 0 Å². The second-order valence-corrected chi connectivity index (χ2v) is 8.53. The molecule has 3 nitrogen and oxygen atoms in total. The molecule has 134 valence electrons. The summed E-state index contributed by atoms with van der Waals surface area (Å²) in [5.41, 5.74) is 7.11. The Labute approximate surface area is 154 Å². The lowest BCUT2D eigenvalue weighted by atomic mass is 9.67. The van der Waals surface area contributed by atoms with Crippen LogP contribution in [-0.2, 0) is 0 Å². The molecule has 0 radical (unpaired) electrons. The molecular weight excluding hydrogens is 322 g/mol. The van der Waals surface area contributed by atoms with Crippen molar-refractivity contribution in [2.75, 3.05) is 5.32 Å².